The van der Waals surface area contributed by atoms with E-state index in [0.717, 1.165) is 35.6 Å². The van der Waals surface area contributed by atoms with Crippen LogP contribution in [0.25, 0.3) is 0 Å². The number of anilines is 1. The van der Waals surface area contributed by atoms with Gasteiger partial charge in [0, 0.05) is 12.1 Å². The number of amides is 1. The number of benzene rings is 2. The Balaban J connectivity index is 1.91. The molecule has 0 saturated heterocycles. The molecule has 0 unspecified atom stereocenters. The highest BCUT2D eigenvalue weighted by Gasteiger charge is 2.29. The predicted molar refractivity (Wildman–Crippen MR) is 125 cm³/mol. The fraction of sp³-hybridized carbons (Fsp3) is 0.458. The maximum atomic E-state index is 13.6. The number of rotatable bonds is 8. The Morgan fingerprint density at radius 3 is 2.19 bits per heavy atom. The summed E-state index contributed by atoms with van der Waals surface area (Å²) in [6, 6.07) is 11.6. The molecule has 0 radical (unpaired) electrons. The first-order valence-corrected chi connectivity index (χ1v) is 12.4. The van der Waals surface area contributed by atoms with Crippen LogP contribution in [0.15, 0.2) is 47.4 Å². The van der Waals surface area contributed by atoms with Crippen molar-refractivity contribution in [1.29, 1.82) is 0 Å². The number of sulfonamides is 1. The zero-order chi connectivity index (χ0) is 23.1. The Labute approximate surface area is 190 Å². The fourth-order valence-corrected chi connectivity index (χ4v) is 5.39. The standard InChI is InChI=1S/C24H32N2O5S/c1-18-10-12-20(13-11-18)26(17-24(27)25-19-8-6-4-5-7-9-19)32(28,29)21-14-15-22(30-2)23(16-21)31-3/h10-16,19H,4-9,17H2,1-3H3,(H,25,27). The number of carbonyl (C=O) groups is 1. The molecule has 2 aromatic rings. The molecule has 1 fully saturated rings. The summed E-state index contributed by atoms with van der Waals surface area (Å²) < 4.78 is 38.9. The van der Waals surface area contributed by atoms with Crippen LogP contribution >= 0.6 is 0 Å². The fourth-order valence-electron chi connectivity index (χ4n) is 3.96. The second kappa shape index (κ2) is 10.7. The van der Waals surface area contributed by atoms with E-state index in [2.05, 4.69) is 5.32 Å². The van der Waals surface area contributed by atoms with E-state index in [-0.39, 0.29) is 23.4 Å². The number of hydrogen-bond acceptors (Lipinski definition) is 5. The second-order valence-corrected chi connectivity index (χ2v) is 9.98. The van der Waals surface area contributed by atoms with Crippen LogP contribution in [0.4, 0.5) is 5.69 Å². The zero-order valence-electron chi connectivity index (χ0n) is 19.0. The minimum Gasteiger partial charge on any atom is -0.493 e. The highest BCUT2D eigenvalue weighted by molar-refractivity contribution is 7.92. The topological polar surface area (TPSA) is 84.9 Å². The monoisotopic (exact) mass is 460 g/mol. The van der Waals surface area contributed by atoms with Crippen molar-refractivity contribution in [2.75, 3.05) is 25.1 Å². The average Bonchev–Trinajstić information content (AvgIpc) is 3.06. The number of nitrogens with zero attached hydrogens (tertiary/aromatic N) is 1. The van der Waals surface area contributed by atoms with E-state index >= 15 is 0 Å². The summed E-state index contributed by atoms with van der Waals surface area (Å²) in [4.78, 5) is 12.9. The van der Waals surface area contributed by atoms with Gasteiger partial charge >= 0.3 is 0 Å². The van der Waals surface area contributed by atoms with Crippen LogP contribution in [0.2, 0.25) is 0 Å². The predicted octanol–water partition coefficient (Wildman–Crippen LogP) is 4.05. The van der Waals surface area contributed by atoms with Crippen molar-refractivity contribution in [2.45, 2.75) is 56.4 Å². The molecule has 32 heavy (non-hydrogen) atoms. The Morgan fingerprint density at radius 2 is 1.59 bits per heavy atom. The molecule has 1 saturated carbocycles. The van der Waals surface area contributed by atoms with Gasteiger partial charge in [0.2, 0.25) is 5.91 Å². The summed E-state index contributed by atoms with van der Waals surface area (Å²) in [7, 11) is -1.09. The van der Waals surface area contributed by atoms with E-state index in [1.165, 1.54) is 39.2 Å². The lowest BCUT2D eigenvalue weighted by Gasteiger charge is -2.26. The van der Waals surface area contributed by atoms with Crippen molar-refractivity contribution < 1.29 is 22.7 Å². The summed E-state index contributed by atoms with van der Waals surface area (Å²) in [5.41, 5.74) is 1.43. The van der Waals surface area contributed by atoms with Gasteiger partial charge < -0.3 is 14.8 Å². The number of nitrogens with one attached hydrogen (secondary N) is 1. The number of carbonyl (C=O) groups excluding carboxylic acids is 1. The van der Waals surface area contributed by atoms with Crippen LogP contribution < -0.4 is 19.1 Å². The SMILES string of the molecule is COc1ccc(S(=O)(=O)N(CC(=O)NC2CCCCCC2)c2ccc(C)cc2)cc1OC. The Morgan fingerprint density at radius 1 is 0.969 bits per heavy atom. The van der Waals surface area contributed by atoms with E-state index in [1.807, 2.05) is 19.1 Å². The first-order chi connectivity index (χ1) is 15.3. The molecule has 0 atom stereocenters. The minimum absolute atomic E-state index is 0.0259. The smallest absolute Gasteiger partial charge is 0.264 e. The maximum Gasteiger partial charge on any atom is 0.264 e. The molecular weight excluding hydrogens is 428 g/mol. The van der Waals surface area contributed by atoms with Gasteiger partial charge in [0.25, 0.3) is 10.0 Å². The second-order valence-electron chi connectivity index (χ2n) is 8.12. The molecule has 2 aromatic carbocycles. The summed E-state index contributed by atoms with van der Waals surface area (Å²) in [5.74, 6) is 0.432. The third-order valence-corrected chi connectivity index (χ3v) is 7.54. The molecule has 3 rings (SSSR count). The minimum atomic E-state index is -4.03. The lowest BCUT2D eigenvalue weighted by Crippen LogP contribution is -2.44. The molecule has 8 heteroatoms. The van der Waals surface area contributed by atoms with Crippen LogP contribution in [-0.4, -0.2) is 41.1 Å². The molecule has 1 N–H and O–H groups in total. The lowest BCUT2D eigenvalue weighted by molar-refractivity contribution is -0.120. The number of methoxy groups -OCH3 is 2. The van der Waals surface area contributed by atoms with Crippen molar-refractivity contribution in [3.05, 3.63) is 48.0 Å². The Kier molecular flexibility index (Phi) is 8.01. The largest absolute Gasteiger partial charge is 0.493 e. The Hall–Kier alpha value is -2.74. The van der Waals surface area contributed by atoms with Crippen LogP contribution in [0, 0.1) is 6.92 Å². The van der Waals surface area contributed by atoms with Crippen molar-refractivity contribution >= 4 is 21.6 Å². The van der Waals surface area contributed by atoms with Gasteiger partial charge in [-0.25, -0.2) is 8.42 Å². The first kappa shape index (κ1) is 23.9. The maximum absolute atomic E-state index is 13.6. The molecule has 7 nitrogen and oxygen atoms in total. The van der Waals surface area contributed by atoms with Gasteiger partial charge in [-0.1, -0.05) is 43.4 Å². The van der Waals surface area contributed by atoms with Crippen molar-refractivity contribution in [1.82, 2.24) is 5.32 Å². The normalized spacial score (nSPS) is 15.0. The van der Waals surface area contributed by atoms with Gasteiger partial charge in [0.15, 0.2) is 11.5 Å². The molecule has 0 heterocycles. The van der Waals surface area contributed by atoms with Crippen LogP contribution in [0.5, 0.6) is 11.5 Å². The summed E-state index contributed by atoms with van der Waals surface area (Å²) in [6.45, 7) is 1.63. The van der Waals surface area contributed by atoms with Crippen LogP contribution in [0.3, 0.4) is 0 Å². The van der Waals surface area contributed by atoms with E-state index in [1.54, 1.807) is 18.2 Å². The third kappa shape index (κ3) is 5.73. The van der Waals surface area contributed by atoms with Crippen molar-refractivity contribution in [3.63, 3.8) is 0 Å². The van der Waals surface area contributed by atoms with Gasteiger partial charge in [0.05, 0.1) is 24.8 Å². The molecule has 0 aromatic heterocycles. The molecule has 0 aliphatic heterocycles. The Bertz CT molecular complexity index is 1010. The van der Waals surface area contributed by atoms with Crippen molar-refractivity contribution in [2.24, 2.45) is 0 Å². The molecule has 1 aliphatic rings. The zero-order valence-corrected chi connectivity index (χ0v) is 19.8. The van der Waals surface area contributed by atoms with Crippen LogP contribution in [-0.2, 0) is 14.8 Å². The summed E-state index contributed by atoms with van der Waals surface area (Å²) in [6.07, 6.45) is 6.37. The van der Waals surface area contributed by atoms with Crippen LogP contribution in [0.1, 0.15) is 44.1 Å². The summed E-state index contributed by atoms with van der Waals surface area (Å²) in [5, 5.41) is 3.05. The number of ether oxygens (including phenoxy) is 2. The lowest BCUT2D eigenvalue weighted by atomic mass is 10.1. The average molecular weight is 461 g/mol. The van der Waals surface area contributed by atoms with E-state index in [9.17, 15) is 13.2 Å². The van der Waals surface area contributed by atoms with Gasteiger partial charge in [-0.3, -0.25) is 9.10 Å². The molecule has 0 spiro atoms. The van der Waals surface area contributed by atoms with E-state index < -0.39 is 10.0 Å². The molecule has 1 aliphatic carbocycles. The molecule has 174 valence electrons. The number of aryl methyl sites for hydroxylation is 1. The molecular formula is C24H32N2O5S. The quantitative estimate of drug-likeness (QED) is 0.601. The van der Waals surface area contributed by atoms with E-state index in [0.29, 0.717) is 17.2 Å². The molecule has 0 bridgehead atoms. The highest BCUT2D eigenvalue weighted by atomic mass is 32.2. The summed E-state index contributed by atoms with van der Waals surface area (Å²) >= 11 is 0. The first-order valence-electron chi connectivity index (χ1n) is 11.0. The van der Waals surface area contributed by atoms with Gasteiger partial charge in [-0.05, 0) is 44.0 Å². The van der Waals surface area contributed by atoms with Crippen molar-refractivity contribution in [3.8, 4) is 11.5 Å². The third-order valence-electron chi connectivity index (χ3n) is 5.77. The number of hydrogen-bond donors (Lipinski definition) is 1. The van der Waals surface area contributed by atoms with Gasteiger partial charge in [-0.15, -0.1) is 0 Å². The molecule has 1 amide bonds. The van der Waals surface area contributed by atoms with E-state index in [4.69, 9.17) is 9.47 Å². The van der Waals surface area contributed by atoms with Gasteiger partial charge in [0.1, 0.15) is 6.54 Å². The van der Waals surface area contributed by atoms with Gasteiger partial charge in [-0.2, -0.15) is 0 Å². The highest BCUT2D eigenvalue weighted by Crippen LogP contribution is 2.32.